The van der Waals surface area contributed by atoms with Crippen molar-refractivity contribution < 1.29 is 5.11 Å². The van der Waals surface area contributed by atoms with Crippen LogP contribution in [0.5, 0.6) is 0 Å². The molecule has 0 aromatic rings. The molecular weight excluding hydrogens is 324 g/mol. The van der Waals surface area contributed by atoms with Gasteiger partial charge in [0.2, 0.25) is 5.96 Å². The fourth-order valence-corrected chi connectivity index (χ4v) is 7.77. The molecule has 4 saturated carbocycles. The van der Waals surface area contributed by atoms with Crippen molar-refractivity contribution in [3.05, 3.63) is 0 Å². The maximum Gasteiger partial charge on any atom is 0.211 e. The average molecular weight is 361 g/mol. The van der Waals surface area contributed by atoms with Crippen LogP contribution < -0.4 is 11.5 Å². The van der Waals surface area contributed by atoms with Crippen molar-refractivity contribution in [1.29, 1.82) is 0 Å². The third kappa shape index (κ3) is 2.61. The molecule has 0 bridgehead atoms. The van der Waals surface area contributed by atoms with Crippen LogP contribution in [-0.4, -0.2) is 22.9 Å². The van der Waals surface area contributed by atoms with Crippen molar-refractivity contribution in [2.75, 3.05) is 0 Å². The Labute approximate surface area is 157 Å². The van der Waals surface area contributed by atoms with E-state index in [0.717, 1.165) is 38.0 Å². The summed E-state index contributed by atoms with van der Waals surface area (Å²) >= 11 is 0. The molecule has 5 nitrogen and oxygen atoms in total. The smallest absolute Gasteiger partial charge is 0.211 e. The second-order valence-corrected chi connectivity index (χ2v) is 9.86. The van der Waals surface area contributed by atoms with Gasteiger partial charge in [0.1, 0.15) is 0 Å². The summed E-state index contributed by atoms with van der Waals surface area (Å²) < 4.78 is 0. The third-order valence-corrected chi connectivity index (χ3v) is 9.03. The van der Waals surface area contributed by atoms with Gasteiger partial charge in [-0.15, -0.1) is 5.10 Å². The van der Waals surface area contributed by atoms with Crippen molar-refractivity contribution in [2.24, 2.45) is 50.3 Å². The van der Waals surface area contributed by atoms with Crippen molar-refractivity contribution in [1.82, 2.24) is 0 Å². The van der Waals surface area contributed by atoms with Gasteiger partial charge in [0.15, 0.2) is 0 Å². The molecule has 0 heterocycles. The van der Waals surface area contributed by atoms with Crippen molar-refractivity contribution in [3.63, 3.8) is 0 Å². The minimum atomic E-state index is -0.522. The van der Waals surface area contributed by atoms with Crippen LogP contribution in [-0.2, 0) is 0 Å². The zero-order valence-corrected chi connectivity index (χ0v) is 16.3. The number of rotatable bonds is 3. The molecule has 0 radical (unpaired) electrons. The highest BCUT2D eigenvalue weighted by Crippen LogP contribution is 2.68. The van der Waals surface area contributed by atoms with Gasteiger partial charge in [-0.25, -0.2) is 0 Å². The molecule has 0 aromatic carbocycles. The lowest BCUT2D eigenvalue weighted by Crippen LogP contribution is -2.61. The predicted octanol–water partition coefficient (Wildman–Crippen LogP) is 3.55. The molecule has 4 rings (SSSR count). The Bertz CT molecular complexity index is 601. The molecular formula is C21H36N4O. The van der Waals surface area contributed by atoms with E-state index in [9.17, 15) is 5.11 Å². The Balaban J connectivity index is 1.60. The summed E-state index contributed by atoms with van der Waals surface area (Å²) in [6.45, 7) is 2.55. The fraction of sp³-hybridized carbons (Fsp3) is 0.905. The SMILES string of the molecule is C[C@]12CCCC[C@H]1CC[C@@H]1[C@@H]2CC[C@]2(C/C=N/N=C(N)N)CCC[C@]12O. The van der Waals surface area contributed by atoms with E-state index in [1.54, 1.807) is 0 Å². The van der Waals surface area contributed by atoms with Crippen molar-refractivity contribution in [3.8, 4) is 0 Å². The van der Waals surface area contributed by atoms with Gasteiger partial charge in [0.25, 0.3) is 0 Å². The molecule has 0 spiro atoms. The van der Waals surface area contributed by atoms with Gasteiger partial charge >= 0.3 is 0 Å². The minimum Gasteiger partial charge on any atom is -0.389 e. The van der Waals surface area contributed by atoms with E-state index in [-0.39, 0.29) is 11.4 Å². The van der Waals surface area contributed by atoms with Crippen LogP contribution in [0, 0.1) is 28.6 Å². The number of fused-ring (bicyclic) bond motifs is 5. The zero-order chi connectivity index (χ0) is 18.4. The summed E-state index contributed by atoms with van der Waals surface area (Å²) in [4.78, 5) is 0. The lowest BCUT2D eigenvalue weighted by Gasteiger charge is -2.63. The molecule has 5 N–H and O–H groups in total. The molecule has 0 unspecified atom stereocenters. The number of nitrogens with two attached hydrogens (primary N) is 2. The van der Waals surface area contributed by atoms with Crippen molar-refractivity contribution >= 4 is 12.2 Å². The van der Waals surface area contributed by atoms with Crippen LogP contribution in [0.15, 0.2) is 10.2 Å². The van der Waals surface area contributed by atoms with Gasteiger partial charge in [-0.2, -0.15) is 5.10 Å². The summed E-state index contributed by atoms with van der Waals surface area (Å²) in [7, 11) is 0. The molecule has 4 fully saturated rings. The normalized spacial score (nSPS) is 47.8. The van der Waals surface area contributed by atoms with Gasteiger partial charge < -0.3 is 16.6 Å². The summed E-state index contributed by atoms with van der Waals surface area (Å²) in [5.41, 5.74) is 10.7. The molecule has 6 atom stereocenters. The largest absolute Gasteiger partial charge is 0.389 e. The lowest BCUT2D eigenvalue weighted by molar-refractivity contribution is -0.200. The molecule has 26 heavy (non-hydrogen) atoms. The van der Waals surface area contributed by atoms with E-state index < -0.39 is 5.60 Å². The highest BCUT2D eigenvalue weighted by Gasteiger charge is 2.65. The van der Waals surface area contributed by atoms with Crippen LogP contribution in [0.25, 0.3) is 0 Å². The fourth-order valence-electron chi connectivity index (χ4n) is 7.77. The van der Waals surface area contributed by atoms with Crippen LogP contribution >= 0.6 is 0 Å². The van der Waals surface area contributed by atoms with Crippen LogP contribution in [0.4, 0.5) is 0 Å². The van der Waals surface area contributed by atoms with E-state index in [0.29, 0.717) is 17.3 Å². The molecule has 0 aromatic heterocycles. The average Bonchev–Trinajstić information content (AvgIpc) is 2.95. The number of aliphatic hydroxyl groups is 1. The lowest BCUT2D eigenvalue weighted by atomic mass is 9.43. The zero-order valence-electron chi connectivity index (χ0n) is 16.3. The number of hydrogen-bond acceptors (Lipinski definition) is 3. The van der Waals surface area contributed by atoms with Crippen LogP contribution in [0.2, 0.25) is 0 Å². The van der Waals surface area contributed by atoms with Gasteiger partial charge in [-0.3, -0.25) is 0 Å². The molecule has 5 heteroatoms. The first-order chi connectivity index (χ1) is 12.4. The highest BCUT2D eigenvalue weighted by atomic mass is 16.3. The van der Waals surface area contributed by atoms with Gasteiger partial charge in [0.05, 0.1) is 5.60 Å². The molecule has 146 valence electrons. The Morgan fingerprint density at radius 2 is 1.85 bits per heavy atom. The maximum atomic E-state index is 12.0. The summed E-state index contributed by atoms with van der Waals surface area (Å²) in [5.74, 6) is 2.05. The molecule has 4 aliphatic carbocycles. The third-order valence-electron chi connectivity index (χ3n) is 9.03. The van der Waals surface area contributed by atoms with Crippen molar-refractivity contribution in [2.45, 2.75) is 89.6 Å². The van der Waals surface area contributed by atoms with Crippen LogP contribution in [0.1, 0.15) is 84.0 Å². The standard InChI is InChI=1S/C21H36N4O/c1-19-9-3-2-5-15(19)6-7-17-16(19)8-12-20(10-4-11-21(17,20)26)13-14-24-25-18(22)23/h14-17,26H,2-13H2,1H3,(H4,22,23,25)/b24-14+/t15-,16-,17+,19-,20-,21-/m0/s1. The van der Waals surface area contributed by atoms with Gasteiger partial charge in [-0.05, 0) is 87.4 Å². The second kappa shape index (κ2) is 6.50. The predicted molar refractivity (Wildman–Crippen MR) is 106 cm³/mol. The Morgan fingerprint density at radius 3 is 2.65 bits per heavy atom. The molecule has 4 aliphatic rings. The highest BCUT2D eigenvalue weighted by molar-refractivity contribution is 5.76. The minimum absolute atomic E-state index is 0.00677. The maximum absolute atomic E-state index is 12.0. The summed E-state index contributed by atoms with van der Waals surface area (Å²) in [5, 5.41) is 19.8. The number of guanidine groups is 1. The number of hydrogen-bond donors (Lipinski definition) is 3. The molecule has 0 amide bonds. The van der Waals surface area contributed by atoms with E-state index in [4.69, 9.17) is 11.5 Å². The van der Waals surface area contributed by atoms with E-state index in [1.807, 2.05) is 6.21 Å². The van der Waals surface area contributed by atoms with Gasteiger partial charge in [0, 0.05) is 11.6 Å². The van der Waals surface area contributed by atoms with E-state index in [2.05, 4.69) is 17.1 Å². The van der Waals surface area contributed by atoms with Crippen LogP contribution in [0.3, 0.4) is 0 Å². The quantitative estimate of drug-likeness (QED) is 0.408. The summed E-state index contributed by atoms with van der Waals surface area (Å²) in [6, 6.07) is 0. The van der Waals surface area contributed by atoms with E-state index >= 15 is 0 Å². The first-order valence-electron chi connectivity index (χ1n) is 10.7. The Kier molecular flexibility index (Phi) is 4.57. The molecule has 0 saturated heterocycles. The molecule has 0 aliphatic heterocycles. The topological polar surface area (TPSA) is 97.0 Å². The van der Waals surface area contributed by atoms with E-state index in [1.165, 1.54) is 44.9 Å². The summed E-state index contributed by atoms with van der Waals surface area (Å²) in [6.07, 6.45) is 16.3. The Morgan fingerprint density at radius 1 is 1.00 bits per heavy atom. The first-order valence-corrected chi connectivity index (χ1v) is 10.7. The Hall–Kier alpha value is -1.10. The van der Waals surface area contributed by atoms with Gasteiger partial charge in [-0.1, -0.05) is 19.8 Å². The second-order valence-electron chi connectivity index (χ2n) is 9.86. The number of nitrogens with zero attached hydrogens (tertiary/aromatic N) is 2. The monoisotopic (exact) mass is 360 g/mol. The first kappa shape index (κ1) is 18.3.